The van der Waals surface area contributed by atoms with Gasteiger partial charge in [0.25, 0.3) is 5.91 Å². The second kappa shape index (κ2) is 10.1. The van der Waals surface area contributed by atoms with Gasteiger partial charge in [-0.2, -0.15) is 4.99 Å². The smallest absolute Gasteiger partial charge is 0.303 e. The zero-order valence-electron chi connectivity index (χ0n) is 16.6. The van der Waals surface area contributed by atoms with Crippen LogP contribution in [0.5, 0.6) is 0 Å². The van der Waals surface area contributed by atoms with Crippen molar-refractivity contribution in [3.63, 3.8) is 0 Å². The highest BCUT2D eigenvalue weighted by Crippen LogP contribution is 2.38. The molecule has 1 heterocycles. The van der Waals surface area contributed by atoms with E-state index in [9.17, 15) is 9.59 Å². The summed E-state index contributed by atoms with van der Waals surface area (Å²) in [5.74, 6) is -0.646. The van der Waals surface area contributed by atoms with Crippen LogP contribution in [0.2, 0.25) is 0 Å². The highest BCUT2D eigenvalue weighted by atomic mass is 32.2. The van der Waals surface area contributed by atoms with E-state index in [1.807, 2.05) is 24.3 Å². The number of rotatable bonds is 6. The number of nitrogens with zero attached hydrogens (tertiary/aromatic N) is 2. The summed E-state index contributed by atoms with van der Waals surface area (Å²) in [5, 5.41) is 10.0. The first-order valence-corrected chi connectivity index (χ1v) is 11.3. The number of carboxylic acids is 1. The average Bonchev–Trinajstić information content (AvgIpc) is 2.66. The van der Waals surface area contributed by atoms with Crippen LogP contribution in [0, 0.1) is 5.92 Å². The topological polar surface area (TPSA) is 70.0 Å². The van der Waals surface area contributed by atoms with E-state index in [0.717, 1.165) is 48.6 Å². The minimum absolute atomic E-state index is 0.0554. The molecule has 0 spiro atoms. The molecule has 1 saturated carbocycles. The number of carboxylic acid groups (broad SMARTS) is 1. The Morgan fingerprint density at radius 1 is 1.18 bits per heavy atom. The summed E-state index contributed by atoms with van der Waals surface area (Å²) in [7, 11) is 0. The van der Waals surface area contributed by atoms with Gasteiger partial charge in [0.1, 0.15) is 0 Å². The Morgan fingerprint density at radius 2 is 1.89 bits per heavy atom. The summed E-state index contributed by atoms with van der Waals surface area (Å²) in [4.78, 5) is 30.2. The highest BCUT2D eigenvalue weighted by Gasteiger charge is 2.36. The van der Waals surface area contributed by atoms with Gasteiger partial charge in [-0.15, -0.1) is 0 Å². The molecule has 2 atom stereocenters. The van der Waals surface area contributed by atoms with Crippen LogP contribution in [0.25, 0.3) is 0 Å². The summed E-state index contributed by atoms with van der Waals surface area (Å²) in [5.41, 5.74) is 2.03. The third-order valence-corrected chi connectivity index (χ3v) is 6.93. The largest absolute Gasteiger partial charge is 0.481 e. The van der Waals surface area contributed by atoms with Crippen molar-refractivity contribution in [2.24, 2.45) is 10.9 Å². The maximum absolute atomic E-state index is 12.8. The van der Waals surface area contributed by atoms with Gasteiger partial charge in [-0.25, -0.2) is 0 Å². The second-order valence-electron chi connectivity index (χ2n) is 7.70. The van der Waals surface area contributed by atoms with Crippen molar-refractivity contribution in [2.75, 3.05) is 11.4 Å². The maximum atomic E-state index is 12.8. The molecule has 2 aliphatic rings. The quantitative estimate of drug-likeness (QED) is 0.734. The van der Waals surface area contributed by atoms with Crippen LogP contribution in [0.4, 0.5) is 5.69 Å². The van der Waals surface area contributed by atoms with E-state index in [1.165, 1.54) is 19.3 Å². The van der Waals surface area contributed by atoms with E-state index in [2.05, 4.69) is 16.8 Å². The molecule has 0 bridgehead atoms. The monoisotopic (exact) mass is 402 g/mol. The number of thioether (sulfide) groups is 1. The van der Waals surface area contributed by atoms with Crippen molar-refractivity contribution >= 4 is 34.5 Å². The van der Waals surface area contributed by atoms with Crippen molar-refractivity contribution in [3.05, 3.63) is 29.8 Å². The van der Waals surface area contributed by atoms with Crippen LogP contribution in [0.3, 0.4) is 0 Å². The molecule has 28 heavy (non-hydrogen) atoms. The van der Waals surface area contributed by atoms with Gasteiger partial charge in [0.2, 0.25) is 0 Å². The van der Waals surface area contributed by atoms with E-state index in [-0.39, 0.29) is 18.2 Å². The van der Waals surface area contributed by atoms with Gasteiger partial charge in [-0.3, -0.25) is 9.59 Å². The molecule has 0 aromatic heterocycles. The Bertz CT molecular complexity index is 717. The normalized spacial score (nSPS) is 22.6. The van der Waals surface area contributed by atoms with E-state index in [1.54, 1.807) is 11.8 Å². The van der Waals surface area contributed by atoms with Crippen molar-refractivity contribution in [1.29, 1.82) is 0 Å². The molecule has 1 aromatic rings. The molecule has 3 rings (SSSR count). The lowest BCUT2D eigenvalue weighted by molar-refractivity contribution is -0.137. The lowest BCUT2D eigenvalue weighted by atomic mass is 9.90. The first kappa shape index (κ1) is 20.9. The number of benzene rings is 1. The van der Waals surface area contributed by atoms with Crippen LogP contribution < -0.4 is 4.90 Å². The second-order valence-corrected chi connectivity index (χ2v) is 8.91. The van der Waals surface area contributed by atoms with Crippen LogP contribution in [-0.4, -0.2) is 33.9 Å². The number of aryl methyl sites for hydroxylation is 1. The molecule has 0 radical (unpaired) electrons. The molecule has 1 fully saturated rings. The number of carbonyl (C=O) groups is 2. The first-order valence-electron chi connectivity index (χ1n) is 10.5. The van der Waals surface area contributed by atoms with Gasteiger partial charge in [0, 0.05) is 23.9 Å². The zero-order chi connectivity index (χ0) is 19.9. The zero-order valence-corrected chi connectivity index (χ0v) is 17.4. The number of amidine groups is 1. The molecule has 0 saturated heterocycles. The Kier molecular flexibility index (Phi) is 7.54. The van der Waals surface area contributed by atoms with Gasteiger partial charge < -0.3 is 10.0 Å². The standard InChI is InChI=1S/C22H30N2O3S/c1-2-15-24(17-12-9-16(10-13-17)11-14-20(25)26)22-23-21(27)18-7-5-3-4-6-8-19(18)28-22/h9-10,12-13,18-19H,2-8,11,14-15H2,1H3,(H,25,26). The van der Waals surface area contributed by atoms with Crippen molar-refractivity contribution in [1.82, 2.24) is 0 Å². The number of carbonyl (C=O) groups excluding carboxylic acids is 1. The van der Waals surface area contributed by atoms with E-state index < -0.39 is 5.97 Å². The van der Waals surface area contributed by atoms with Crippen molar-refractivity contribution in [3.8, 4) is 0 Å². The molecule has 1 aliphatic heterocycles. The van der Waals surface area contributed by atoms with Crippen molar-refractivity contribution < 1.29 is 14.7 Å². The SMILES string of the molecule is CCCN(C1=NC(=O)C2CCCCCCC2S1)c1ccc(CCC(=O)O)cc1. The summed E-state index contributed by atoms with van der Waals surface area (Å²) in [6, 6.07) is 8.00. The third kappa shape index (κ3) is 5.37. The average molecular weight is 403 g/mol. The summed E-state index contributed by atoms with van der Waals surface area (Å²) in [6.07, 6.45) is 8.51. The molecule has 5 nitrogen and oxygen atoms in total. The summed E-state index contributed by atoms with van der Waals surface area (Å²) in [6.45, 7) is 2.94. The van der Waals surface area contributed by atoms with Crippen LogP contribution in [-0.2, 0) is 16.0 Å². The Labute approximate surface area is 171 Å². The number of amides is 1. The minimum Gasteiger partial charge on any atom is -0.481 e. The van der Waals surface area contributed by atoms with E-state index in [4.69, 9.17) is 5.11 Å². The fourth-order valence-corrected chi connectivity index (χ4v) is 5.43. The fourth-order valence-electron chi connectivity index (χ4n) is 3.99. The number of aliphatic imine (C=N–C) groups is 1. The lowest BCUT2D eigenvalue weighted by Crippen LogP contribution is -2.39. The third-order valence-electron chi connectivity index (χ3n) is 5.54. The molecule has 1 amide bonds. The minimum atomic E-state index is -0.781. The van der Waals surface area contributed by atoms with Gasteiger partial charge in [-0.05, 0) is 43.4 Å². The Hall–Kier alpha value is -1.82. The predicted octanol–water partition coefficient (Wildman–Crippen LogP) is 4.89. The highest BCUT2D eigenvalue weighted by molar-refractivity contribution is 8.14. The van der Waals surface area contributed by atoms with Gasteiger partial charge in [0.15, 0.2) is 5.17 Å². The van der Waals surface area contributed by atoms with E-state index >= 15 is 0 Å². The predicted molar refractivity (Wildman–Crippen MR) is 115 cm³/mol. The summed E-state index contributed by atoms with van der Waals surface area (Å²) < 4.78 is 0. The number of fused-ring (bicyclic) bond motifs is 1. The molecule has 1 aliphatic carbocycles. The Morgan fingerprint density at radius 3 is 2.57 bits per heavy atom. The Balaban J connectivity index is 1.78. The van der Waals surface area contributed by atoms with Gasteiger partial charge >= 0.3 is 5.97 Å². The molecule has 152 valence electrons. The number of aliphatic carboxylic acids is 1. The maximum Gasteiger partial charge on any atom is 0.303 e. The number of anilines is 1. The van der Waals surface area contributed by atoms with Crippen LogP contribution in [0.1, 0.15) is 63.9 Å². The van der Waals surface area contributed by atoms with E-state index in [0.29, 0.717) is 11.7 Å². The van der Waals surface area contributed by atoms with Gasteiger partial charge in [-0.1, -0.05) is 56.5 Å². The molecule has 2 unspecified atom stereocenters. The van der Waals surface area contributed by atoms with Crippen LogP contribution in [0.15, 0.2) is 29.3 Å². The first-order chi connectivity index (χ1) is 13.6. The lowest BCUT2D eigenvalue weighted by Gasteiger charge is -2.34. The molecular formula is C22H30N2O3S. The van der Waals surface area contributed by atoms with Crippen LogP contribution >= 0.6 is 11.8 Å². The number of hydrogen-bond donors (Lipinski definition) is 1. The fraction of sp³-hybridized carbons (Fsp3) is 0.591. The molecule has 1 aromatic carbocycles. The number of hydrogen-bond acceptors (Lipinski definition) is 4. The van der Waals surface area contributed by atoms with Crippen molar-refractivity contribution in [2.45, 2.75) is 70.0 Å². The molecule has 6 heteroatoms. The molecule has 1 N–H and O–H groups in total. The summed E-state index contributed by atoms with van der Waals surface area (Å²) >= 11 is 1.78. The van der Waals surface area contributed by atoms with Gasteiger partial charge in [0.05, 0.1) is 5.92 Å². The molecular weight excluding hydrogens is 372 g/mol.